The van der Waals surface area contributed by atoms with Crippen LogP contribution in [0.2, 0.25) is 39.3 Å². The van der Waals surface area contributed by atoms with Crippen LogP contribution in [0.15, 0.2) is 227 Å². The number of hydrogen-bond acceptors (Lipinski definition) is 4. The number of hydrogen-bond donors (Lipinski definition) is 0. The minimum atomic E-state index is -2.16. The number of furan rings is 2. The second-order valence-electron chi connectivity index (χ2n) is 22.1. The Kier molecular flexibility index (Phi) is 9.51. The number of benzene rings is 11. The van der Waals surface area contributed by atoms with Crippen LogP contribution >= 0.6 is 0 Å². The van der Waals surface area contributed by atoms with Crippen molar-refractivity contribution in [2.24, 2.45) is 0 Å². The third kappa shape index (κ3) is 6.30. The second kappa shape index (κ2) is 15.9. The molecule has 0 saturated carbocycles. The Hall–Kier alpha value is -8.17. The molecule has 0 N–H and O–H groups in total. The van der Waals surface area contributed by atoms with E-state index in [4.69, 9.17) is 8.83 Å². The van der Waals surface area contributed by atoms with Gasteiger partial charge in [0.25, 0.3) is 0 Å². The van der Waals surface area contributed by atoms with Gasteiger partial charge in [0, 0.05) is 49.0 Å². The first-order valence-corrected chi connectivity index (χ1v) is 32.6. The summed E-state index contributed by atoms with van der Waals surface area (Å²) in [6.45, 7) is 15.8. The van der Waals surface area contributed by atoms with E-state index in [0.29, 0.717) is 0 Å². The minimum absolute atomic E-state index is 0.142. The van der Waals surface area contributed by atoms with Gasteiger partial charge in [-0.2, -0.15) is 0 Å². The van der Waals surface area contributed by atoms with Crippen LogP contribution in [-0.2, 0) is 4.66 Å². The normalized spacial score (nSPS) is 13.5. The molecule has 6 heteroatoms. The first-order valence-electron chi connectivity index (χ1n) is 25.6. The van der Waals surface area contributed by atoms with Crippen LogP contribution in [0, 0.1) is 0 Å². The predicted octanol–water partition coefficient (Wildman–Crippen LogP) is 19.9. The van der Waals surface area contributed by atoms with Crippen molar-refractivity contribution in [3.8, 4) is 11.1 Å². The second-order valence-corrected chi connectivity index (χ2v) is 33.1. The molecule has 2 heterocycles. The maximum absolute atomic E-state index is 6.75. The summed E-state index contributed by atoms with van der Waals surface area (Å²) in [5.74, 6) is 0. The fraction of sp³-hybridized carbons (Fsp3) is 0.104. The summed E-state index contributed by atoms with van der Waals surface area (Å²) in [7, 11) is -4.33. The standard InChI is InChI=1S/C67H54N2O2Si2/c1-72(2,3)67(73(4,5)6)58-41-44-39-47(68(45-21-9-7-10-22-45)59-31-19-29-54-50-26-15-17-33-61(50)70-65(54)59)36-35-43(44)40-57(58)63-52-28-14-13-25-49(52)56-42-48(37-38-53(56)64(63)67)69(46-23-11-8-12-24-46)60-32-20-30-55-51-27-16-18-34-62(51)71-66(55)60/h7-42H,1-6H3. The van der Waals surface area contributed by atoms with E-state index in [2.05, 4.69) is 261 Å². The highest BCUT2D eigenvalue weighted by molar-refractivity contribution is 7.00. The first-order chi connectivity index (χ1) is 35.5. The van der Waals surface area contributed by atoms with Crippen molar-refractivity contribution in [3.63, 3.8) is 0 Å². The Bertz CT molecular complexity index is 4360. The van der Waals surface area contributed by atoms with Crippen LogP contribution in [0.3, 0.4) is 0 Å². The Morgan fingerprint density at radius 1 is 0.342 bits per heavy atom. The quantitative estimate of drug-likeness (QED) is 0.112. The number of rotatable bonds is 8. The van der Waals surface area contributed by atoms with Crippen LogP contribution in [0.4, 0.5) is 34.1 Å². The predicted molar refractivity (Wildman–Crippen MR) is 316 cm³/mol. The molecule has 0 spiro atoms. The molecule has 2 aromatic heterocycles. The fourth-order valence-corrected chi connectivity index (χ4v) is 26.6. The zero-order valence-electron chi connectivity index (χ0n) is 42.0. The van der Waals surface area contributed by atoms with Crippen LogP contribution in [-0.4, -0.2) is 16.1 Å². The third-order valence-corrected chi connectivity index (χ3v) is 26.1. The van der Waals surface area contributed by atoms with Crippen LogP contribution in [0.5, 0.6) is 0 Å². The average Bonchev–Trinajstić information content (AvgIpc) is 4.11. The monoisotopic (exact) mass is 974 g/mol. The van der Waals surface area contributed by atoms with Gasteiger partial charge in [-0.3, -0.25) is 0 Å². The largest absolute Gasteiger partial charge is 0.454 e. The average molecular weight is 975 g/mol. The highest BCUT2D eigenvalue weighted by atomic mass is 28.4. The van der Waals surface area contributed by atoms with E-state index < -0.39 is 16.1 Å². The van der Waals surface area contributed by atoms with Gasteiger partial charge < -0.3 is 18.6 Å². The van der Waals surface area contributed by atoms with E-state index in [0.717, 1.165) is 78.0 Å². The van der Waals surface area contributed by atoms with Crippen molar-refractivity contribution >= 4 is 126 Å². The Balaban J connectivity index is 1.01. The molecular weight excluding hydrogens is 921 g/mol. The number of para-hydroxylation sites is 6. The molecule has 11 aromatic carbocycles. The molecule has 0 amide bonds. The van der Waals surface area contributed by atoms with E-state index in [1.807, 2.05) is 6.07 Å². The molecule has 14 rings (SSSR count). The zero-order chi connectivity index (χ0) is 49.4. The maximum atomic E-state index is 6.75. The summed E-state index contributed by atoms with van der Waals surface area (Å²) in [6, 6.07) is 80.1. The van der Waals surface area contributed by atoms with Crippen molar-refractivity contribution in [1.82, 2.24) is 0 Å². The van der Waals surface area contributed by atoms with Crippen molar-refractivity contribution in [2.75, 3.05) is 9.80 Å². The van der Waals surface area contributed by atoms with Gasteiger partial charge in [-0.25, -0.2) is 0 Å². The zero-order valence-corrected chi connectivity index (χ0v) is 44.0. The van der Waals surface area contributed by atoms with Crippen molar-refractivity contribution in [1.29, 1.82) is 0 Å². The summed E-state index contributed by atoms with van der Waals surface area (Å²) >= 11 is 0. The van der Waals surface area contributed by atoms with E-state index in [-0.39, 0.29) is 4.66 Å². The summed E-state index contributed by atoms with van der Waals surface area (Å²) in [4.78, 5) is 4.77. The third-order valence-electron chi connectivity index (χ3n) is 16.1. The number of fused-ring (bicyclic) bond motifs is 15. The Morgan fingerprint density at radius 3 is 1.38 bits per heavy atom. The summed E-state index contributed by atoms with van der Waals surface area (Å²) in [6.07, 6.45) is 0. The molecule has 0 aliphatic heterocycles. The van der Waals surface area contributed by atoms with E-state index >= 15 is 0 Å². The molecule has 13 aromatic rings. The summed E-state index contributed by atoms with van der Waals surface area (Å²) in [5, 5.41) is 12.2. The van der Waals surface area contributed by atoms with Gasteiger partial charge in [0.05, 0.1) is 27.5 Å². The molecule has 0 saturated heterocycles. The molecule has 4 nitrogen and oxygen atoms in total. The Morgan fingerprint density at radius 2 is 0.822 bits per heavy atom. The smallest absolute Gasteiger partial charge is 0.159 e. The van der Waals surface area contributed by atoms with Gasteiger partial charge in [0.2, 0.25) is 0 Å². The van der Waals surface area contributed by atoms with E-state index in [1.54, 1.807) is 0 Å². The summed E-state index contributed by atoms with van der Waals surface area (Å²) < 4.78 is 13.3. The number of nitrogens with zero attached hydrogens (tertiary/aromatic N) is 2. The summed E-state index contributed by atoms with van der Waals surface area (Å²) in [5.41, 5.74) is 15.8. The van der Waals surface area contributed by atoms with Gasteiger partial charge in [-0.1, -0.05) is 179 Å². The topological polar surface area (TPSA) is 32.8 Å². The van der Waals surface area contributed by atoms with Gasteiger partial charge >= 0.3 is 0 Å². The van der Waals surface area contributed by atoms with Crippen LogP contribution in [0.25, 0.3) is 87.3 Å². The molecule has 73 heavy (non-hydrogen) atoms. The SMILES string of the molecule is C[Si](C)(C)C1([Si](C)(C)C)c2cc3cc(N(c4ccccc4)c4cccc5c4oc4ccccc45)ccc3cc2-c2c1c1ccc(N(c3ccccc3)c3cccc4c3oc3ccccc34)cc1c1ccccc21. The molecule has 0 atom stereocenters. The molecule has 1 aliphatic carbocycles. The fourth-order valence-electron chi connectivity index (χ4n) is 13.6. The lowest BCUT2D eigenvalue weighted by molar-refractivity contribution is 0.668. The van der Waals surface area contributed by atoms with Gasteiger partial charge in [-0.05, 0) is 133 Å². The lowest BCUT2D eigenvalue weighted by atomic mass is 9.90. The molecular formula is C67H54N2O2Si2. The lowest BCUT2D eigenvalue weighted by Crippen LogP contribution is -2.63. The van der Waals surface area contributed by atoms with E-state index in [1.165, 1.54) is 54.6 Å². The lowest BCUT2D eigenvalue weighted by Gasteiger charge is -2.51. The van der Waals surface area contributed by atoms with Gasteiger partial charge in [0.1, 0.15) is 11.2 Å². The van der Waals surface area contributed by atoms with Crippen molar-refractivity contribution < 1.29 is 8.83 Å². The van der Waals surface area contributed by atoms with Crippen LogP contribution in [0.1, 0.15) is 11.1 Å². The van der Waals surface area contributed by atoms with Crippen LogP contribution < -0.4 is 9.80 Å². The molecule has 0 unspecified atom stereocenters. The maximum Gasteiger partial charge on any atom is 0.159 e. The Labute approximate surface area is 427 Å². The molecule has 0 fully saturated rings. The molecule has 0 radical (unpaired) electrons. The molecule has 352 valence electrons. The minimum Gasteiger partial charge on any atom is -0.454 e. The van der Waals surface area contributed by atoms with E-state index in [9.17, 15) is 0 Å². The van der Waals surface area contributed by atoms with Gasteiger partial charge in [0.15, 0.2) is 11.2 Å². The first kappa shape index (κ1) is 43.6. The molecule has 0 bridgehead atoms. The highest BCUT2D eigenvalue weighted by Crippen LogP contribution is 2.62. The van der Waals surface area contributed by atoms with Gasteiger partial charge in [-0.15, -0.1) is 0 Å². The van der Waals surface area contributed by atoms with Crippen molar-refractivity contribution in [3.05, 3.63) is 230 Å². The highest BCUT2D eigenvalue weighted by Gasteiger charge is 2.60. The molecule has 1 aliphatic rings. The number of anilines is 6. The van der Waals surface area contributed by atoms with Crippen molar-refractivity contribution in [2.45, 2.75) is 43.9 Å².